The van der Waals surface area contributed by atoms with Crippen LogP contribution in [0.4, 0.5) is 4.39 Å². The predicted molar refractivity (Wildman–Crippen MR) is 98.6 cm³/mol. The van der Waals surface area contributed by atoms with Crippen molar-refractivity contribution in [3.63, 3.8) is 0 Å². The number of carboxylic acids is 1. The Kier molecular flexibility index (Phi) is 5.40. The highest BCUT2D eigenvalue weighted by atomic mass is 19.1. The number of aromatic nitrogens is 2. The van der Waals surface area contributed by atoms with Crippen LogP contribution in [-0.4, -0.2) is 47.0 Å². The monoisotopic (exact) mass is 398 g/mol. The van der Waals surface area contributed by atoms with E-state index in [0.29, 0.717) is 5.69 Å². The number of halogens is 1. The molecule has 0 aliphatic rings. The fraction of sp³-hybridized carbons (Fsp3) is 0.100. The van der Waals surface area contributed by atoms with Gasteiger partial charge in [-0.15, -0.1) is 0 Å². The minimum atomic E-state index is -1.43. The molecule has 0 aliphatic heterocycles. The molecule has 3 aromatic rings. The molecule has 148 valence electrons. The third-order valence-electron chi connectivity index (χ3n) is 4.14. The van der Waals surface area contributed by atoms with Crippen LogP contribution in [0.3, 0.4) is 0 Å². The number of rotatable bonds is 5. The quantitative estimate of drug-likeness (QED) is 0.658. The predicted octanol–water partition coefficient (Wildman–Crippen LogP) is 2.95. The summed E-state index contributed by atoms with van der Waals surface area (Å²) < 4.78 is 25.3. The van der Waals surface area contributed by atoms with E-state index in [9.17, 15) is 23.9 Å². The summed E-state index contributed by atoms with van der Waals surface area (Å²) in [6.45, 7) is 0. The molecule has 0 radical (unpaired) electrons. The first-order chi connectivity index (χ1) is 13.9. The minimum Gasteiger partial charge on any atom is -0.478 e. The molecule has 0 amide bonds. The van der Waals surface area contributed by atoms with Crippen LogP contribution in [0.1, 0.15) is 31.2 Å². The lowest BCUT2D eigenvalue weighted by Gasteiger charge is -2.07. The Hall–Kier alpha value is -4.01. The number of para-hydroxylation sites is 1. The third-order valence-corrected chi connectivity index (χ3v) is 4.14. The molecule has 0 bridgehead atoms. The van der Waals surface area contributed by atoms with Crippen LogP contribution in [0, 0.1) is 5.82 Å². The standard InChI is InChI=1S/C20H15FN2O6/c1-28-19(26)15-16(14-12(18(24)25)9-6-10-13(14)21)22-23(17(15)20(27)29-2)11-7-4-3-5-8-11/h3-10H,1-2H3,(H,24,25). The van der Waals surface area contributed by atoms with E-state index >= 15 is 0 Å². The second-order valence-electron chi connectivity index (χ2n) is 5.77. The number of carbonyl (C=O) groups excluding carboxylic acids is 2. The van der Waals surface area contributed by atoms with Gasteiger partial charge in [0.2, 0.25) is 0 Å². The van der Waals surface area contributed by atoms with Crippen molar-refractivity contribution in [2.75, 3.05) is 14.2 Å². The van der Waals surface area contributed by atoms with Crippen LogP contribution in [0.25, 0.3) is 16.9 Å². The molecule has 29 heavy (non-hydrogen) atoms. The SMILES string of the molecule is COC(=O)c1c(-c2c(F)cccc2C(=O)O)nn(-c2ccccc2)c1C(=O)OC. The van der Waals surface area contributed by atoms with Crippen molar-refractivity contribution in [3.05, 3.63) is 71.2 Å². The van der Waals surface area contributed by atoms with Gasteiger partial charge in [-0.05, 0) is 24.3 Å². The molecule has 0 atom stereocenters. The van der Waals surface area contributed by atoms with E-state index in [1.807, 2.05) is 0 Å². The first-order valence-electron chi connectivity index (χ1n) is 8.28. The zero-order valence-corrected chi connectivity index (χ0v) is 15.4. The average molecular weight is 398 g/mol. The molecule has 0 spiro atoms. The molecule has 2 aromatic carbocycles. The second kappa shape index (κ2) is 7.93. The molecule has 0 fully saturated rings. The Labute approximate surface area is 164 Å². The summed E-state index contributed by atoms with van der Waals surface area (Å²) in [7, 11) is 2.18. The van der Waals surface area contributed by atoms with E-state index < -0.39 is 40.4 Å². The van der Waals surface area contributed by atoms with Gasteiger partial charge in [0.15, 0.2) is 5.69 Å². The maximum atomic E-state index is 14.7. The molecule has 0 saturated carbocycles. The van der Waals surface area contributed by atoms with E-state index in [-0.39, 0.29) is 11.4 Å². The van der Waals surface area contributed by atoms with Crippen LogP contribution in [0.5, 0.6) is 0 Å². The summed E-state index contributed by atoms with van der Waals surface area (Å²) in [4.78, 5) is 36.7. The number of esters is 2. The highest BCUT2D eigenvalue weighted by Gasteiger charge is 2.34. The first kappa shape index (κ1) is 19.7. The molecule has 1 N–H and O–H groups in total. The number of hydrogen-bond donors (Lipinski definition) is 1. The topological polar surface area (TPSA) is 108 Å². The second-order valence-corrected chi connectivity index (χ2v) is 5.77. The fourth-order valence-electron chi connectivity index (χ4n) is 2.87. The molecule has 0 unspecified atom stereocenters. The highest BCUT2D eigenvalue weighted by molar-refractivity contribution is 6.08. The Morgan fingerprint density at radius 3 is 2.21 bits per heavy atom. The molecular weight excluding hydrogens is 383 g/mol. The Balaban J connectivity index is 2.46. The van der Waals surface area contributed by atoms with Gasteiger partial charge < -0.3 is 14.6 Å². The maximum Gasteiger partial charge on any atom is 0.357 e. The van der Waals surface area contributed by atoms with Crippen LogP contribution in [0.15, 0.2) is 48.5 Å². The van der Waals surface area contributed by atoms with Crippen LogP contribution in [0.2, 0.25) is 0 Å². The van der Waals surface area contributed by atoms with Gasteiger partial charge >= 0.3 is 17.9 Å². The molecule has 1 aromatic heterocycles. The lowest BCUT2D eigenvalue weighted by Crippen LogP contribution is -2.15. The van der Waals surface area contributed by atoms with Crippen molar-refractivity contribution in [1.82, 2.24) is 9.78 Å². The van der Waals surface area contributed by atoms with Gasteiger partial charge in [0.05, 0.1) is 31.0 Å². The highest BCUT2D eigenvalue weighted by Crippen LogP contribution is 2.33. The summed E-state index contributed by atoms with van der Waals surface area (Å²) in [5.74, 6) is -4.28. The summed E-state index contributed by atoms with van der Waals surface area (Å²) in [6, 6.07) is 11.7. The summed E-state index contributed by atoms with van der Waals surface area (Å²) in [5, 5.41) is 13.7. The normalized spacial score (nSPS) is 10.4. The Morgan fingerprint density at radius 1 is 0.966 bits per heavy atom. The zero-order valence-electron chi connectivity index (χ0n) is 15.4. The van der Waals surface area contributed by atoms with Gasteiger partial charge in [-0.1, -0.05) is 24.3 Å². The van der Waals surface area contributed by atoms with Gasteiger partial charge in [0, 0.05) is 0 Å². The smallest absolute Gasteiger partial charge is 0.357 e. The van der Waals surface area contributed by atoms with E-state index in [2.05, 4.69) is 5.10 Å². The van der Waals surface area contributed by atoms with Crippen molar-refractivity contribution >= 4 is 17.9 Å². The lowest BCUT2D eigenvalue weighted by atomic mass is 9.99. The van der Waals surface area contributed by atoms with E-state index in [4.69, 9.17) is 9.47 Å². The minimum absolute atomic E-state index is 0.319. The van der Waals surface area contributed by atoms with Gasteiger partial charge in [0.1, 0.15) is 17.1 Å². The van der Waals surface area contributed by atoms with Crippen molar-refractivity contribution in [3.8, 4) is 16.9 Å². The van der Waals surface area contributed by atoms with Crippen LogP contribution >= 0.6 is 0 Å². The number of aromatic carboxylic acids is 1. The maximum absolute atomic E-state index is 14.7. The molecule has 3 rings (SSSR count). The van der Waals surface area contributed by atoms with Crippen LogP contribution in [-0.2, 0) is 9.47 Å². The van der Waals surface area contributed by atoms with Gasteiger partial charge in [-0.25, -0.2) is 23.5 Å². The van der Waals surface area contributed by atoms with Crippen molar-refractivity contribution in [2.45, 2.75) is 0 Å². The number of ether oxygens (including phenoxy) is 2. The summed E-state index contributed by atoms with van der Waals surface area (Å²) in [5.41, 5.74) is -1.57. The van der Waals surface area contributed by atoms with E-state index in [1.54, 1.807) is 30.3 Å². The van der Waals surface area contributed by atoms with Gasteiger partial charge in [-0.3, -0.25) is 0 Å². The Morgan fingerprint density at radius 2 is 1.62 bits per heavy atom. The third kappa shape index (κ3) is 3.45. The average Bonchev–Trinajstić information content (AvgIpc) is 3.13. The van der Waals surface area contributed by atoms with Crippen molar-refractivity contribution in [1.29, 1.82) is 0 Å². The molecular formula is C20H15FN2O6. The van der Waals surface area contributed by atoms with Crippen LogP contribution < -0.4 is 0 Å². The number of nitrogens with zero attached hydrogens (tertiary/aromatic N) is 2. The molecule has 0 aliphatic carbocycles. The zero-order chi connectivity index (χ0) is 21.1. The van der Waals surface area contributed by atoms with Gasteiger partial charge in [-0.2, -0.15) is 5.10 Å². The fourth-order valence-corrected chi connectivity index (χ4v) is 2.87. The van der Waals surface area contributed by atoms with Crippen molar-refractivity contribution in [2.24, 2.45) is 0 Å². The van der Waals surface area contributed by atoms with E-state index in [0.717, 1.165) is 25.0 Å². The molecule has 1 heterocycles. The Bertz CT molecular complexity index is 1110. The molecule has 0 saturated heterocycles. The molecule has 8 nitrogen and oxygen atoms in total. The summed E-state index contributed by atoms with van der Waals surface area (Å²) >= 11 is 0. The number of carbonyl (C=O) groups is 3. The summed E-state index contributed by atoms with van der Waals surface area (Å²) in [6.07, 6.45) is 0. The largest absolute Gasteiger partial charge is 0.478 e. The number of benzene rings is 2. The number of hydrogen-bond acceptors (Lipinski definition) is 6. The number of carboxylic acid groups (broad SMARTS) is 1. The first-order valence-corrected chi connectivity index (χ1v) is 8.28. The molecule has 9 heteroatoms. The van der Waals surface area contributed by atoms with Crippen molar-refractivity contribution < 1.29 is 33.4 Å². The number of methoxy groups -OCH3 is 2. The lowest BCUT2D eigenvalue weighted by molar-refractivity contribution is 0.0549. The van der Waals surface area contributed by atoms with Gasteiger partial charge in [0.25, 0.3) is 0 Å². The van der Waals surface area contributed by atoms with E-state index in [1.165, 1.54) is 12.1 Å².